The number of aromatic nitrogens is 1. The number of carbonyl (C=O) groups excluding carboxylic acids is 1. The molecule has 1 saturated carbocycles. The van der Waals surface area contributed by atoms with Crippen LogP contribution >= 0.6 is 11.3 Å². The van der Waals surface area contributed by atoms with Gasteiger partial charge < -0.3 is 10.4 Å². The minimum Gasteiger partial charge on any atom is -0.481 e. The Labute approximate surface area is 163 Å². The van der Waals surface area contributed by atoms with Crippen LogP contribution in [0, 0.1) is 18.8 Å². The number of carboxylic acid groups (broad SMARTS) is 1. The van der Waals surface area contributed by atoms with Crippen LogP contribution in [0.25, 0.3) is 11.3 Å². The molecule has 0 bridgehead atoms. The number of benzene rings is 1. The van der Waals surface area contributed by atoms with Crippen LogP contribution in [0.4, 0.5) is 5.13 Å². The van der Waals surface area contributed by atoms with Gasteiger partial charge >= 0.3 is 5.97 Å². The molecule has 0 saturated heterocycles. The molecule has 5 nitrogen and oxygen atoms in total. The zero-order valence-corrected chi connectivity index (χ0v) is 16.6. The number of amides is 1. The monoisotopic (exact) mass is 386 g/mol. The van der Waals surface area contributed by atoms with Crippen molar-refractivity contribution in [2.45, 2.75) is 52.4 Å². The molecular weight excluding hydrogens is 360 g/mol. The summed E-state index contributed by atoms with van der Waals surface area (Å²) in [6.07, 6.45) is 5.13. The SMILES string of the molecule is CCCc1ccc(-c2nc(NC(=O)[C@H]3CCCC[C@@H]3C(=O)O)sc2C)cc1. The zero-order valence-electron chi connectivity index (χ0n) is 15.8. The molecule has 6 heteroatoms. The number of aryl methyl sites for hydroxylation is 2. The summed E-state index contributed by atoms with van der Waals surface area (Å²) in [4.78, 5) is 29.7. The van der Waals surface area contributed by atoms with Gasteiger partial charge in [0.15, 0.2) is 5.13 Å². The highest BCUT2D eigenvalue weighted by atomic mass is 32.1. The molecule has 2 aromatic rings. The molecule has 3 rings (SSSR count). The maximum absolute atomic E-state index is 12.6. The lowest BCUT2D eigenvalue weighted by atomic mass is 9.79. The molecule has 1 aliphatic rings. The third kappa shape index (κ3) is 4.56. The first-order valence-corrected chi connectivity index (χ1v) is 10.4. The van der Waals surface area contributed by atoms with E-state index in [4.69, 9.17) is 0 Å². The fraction of sp³-hybridized carbons (Fsp3) is 0.476. The third-order valence-electron chi connectivity index (χ3n) is 5.21. The van der Waals surface area contributed by atoms with Crippen LogP contribution in [-0.2, 0) is 16.0 Å². The summed E-state index contributed by atoms with van der Waals surface area (Å²) in [5.41, 5.74) is 3.21. The van der Waals surface area contributed by atoms with Gasteiger partial charge in [-0.05, 0) is 31.7 Å². The van der Waals surface area contributed by atoms with Crippen molar-refractivity contribution < 1.29 is 14.7 Å². The number of thiazole rings is 1. The molecule has 0 spiro atoms. The first-order chi connectivity index (χ1) is 13.0. The van der Waals surface area contributed by atoms with Gasteiger partial charge in [0, 0.05) is 10.4 Å². The molecular formula is C21H26N2O3S. The molecule has 0 unspecified atom stereocenters. The second-order valence-corrected chi connectivity index (χ2v) is 8.40. The second-order valence-electron chi connectivity index (χ2n) is 7.20. The Kier molecular flexibility index (Phi) is 6.26. The van der Waals surface area contributed by atoms with Crippen molar-refractivity contribution in [3.8, 4) is 11.3 Å². The van der Waals surface area contributed by atoms with Crippen LogP contribution in [-0.4, -0.2) is 22.0 Å². The zero-order chi connectivity index (χ0) is 19.4. The van der Waals surface area contributed by atoms with Gasteiger partial charge in [-0.3, -0.25) is 9.59 Å². The van der Waals surface area contributed by atoms with E-state index >= 15 is 0 Å². The molecule has 1 heterocycles. The highest BCUT2D eigenvalue weighted by Crippen LogP contribution is 2.34. The van der Waals surface area contributed by atoms with E-state index in [1.165, 1.54) is 16.9 Å². The maximum atomic E-state index is 12.6. The van der Waals surface area contributed by atoms with Crippen LogP contribution < -0.4 is 5.32 Å². The van der Waals surface area contributed by atoms with E-state index in [1.807, 2.05) is 6.92 Å². The first-order valence-electron chi connectivity index (χ1n) is 9.60. The summed E-state index contributed by atoms with van der Waals surface area (Å²) in [5.74, 6) is -2.17. The number of nitrogens with one attached hydrogen (secondary N) is 1. The van der Waals surface area contributed by atoms with Crippen LogP contribution in [0.15, 0.2) is 24.3 Å². The molecule has 2 atom stereocenters. The minimum atomic E-state index is -0.877. The Bertz CT molecular complexity index is 813. The van der Waals surface area contributed by atoms with Crippen LogP contribution in [0.3, 0.4) is 0 Å². The lowest BCUT2D eigenvalue weighted by Gasteiger charge is -2.26. The van der Waals surface area contributed by atoms with Crippen LogP contribution in [0.1, 0.15) is 49.5 Å². The van der Waals surface area contributed by atoms with Crippen molar-refractivity contribution in [1.29, 1.82) is 0 Å². The lowest BCUT2D eigenvalue weighted by molar-refractivity contribution is -0.147. The first kappa shape index (κ1) is 19.5. The normalized spacial score (nSPS) is 19.6. The number of rotatable bonds is 6. The van der Waals surface area contributed by atoms with Gasteiger partial charge in [-0.2, -0.15) is 0 Å². The maximum Gasteiger partial charge on any atom is 0.307 e. The van der Waals surface area contributed by atoms with E-state index in [0.717, 1.165) is 41.8 Å². The summed E-state index contributed by atoms with van der Waals surface area (Å²) in [7, 11) is 0. The largest absolute Gasteiger partial charge is 0.481 e. The Morgan fingerprint density at radius 3 is 2.48 bits per heavy atom. The molecule has 1 fully saturated rings. The number of hydrogen-bond donors (Lipinski definition) is 2. The number of carbonyl (C=O) groups is 2. The predicted octanol–water partition coefficient (Wildman–Crippen LogP) is 4.90. The van der Waals surface area contributed by atoms with Crippen LogP contribution in [0.2, 0.25) is 0 Å². The third-order valence-corrected chi connectivity index (χ3v) is 6.10. The van der Waals surface area contributed by atoms with E-state index in [0.29, 0.717) is 18.0 Å². The fourth-order valence-corrected chi connectivity index (χ4v) is 4.61. The van der Waals surface area contributed by atoms with Crippen molar-refractivity contribution in [2.75, 3.05) is 5.32 Å². The molecule has 0 aliphatic heterocycles. The van der Waals surface area contributed by atoms with Crippen molar-refractivity contribution in [1.82, 2.24) is 4.98 Å². The molecule has 1 aliphatic carbocycles. The smallest absolute Gasteiger partial charge is 0.307 e. The molecule has 2 N–H and O–H groups in total. The number of nitrogens with zero attached hydrogens (tertiary/aromatic N) is 1. The average Bonchev–Trinajstić information content (AvgIpc) is 3.02. The van der Waals surface area contributed by atoms with Crippen molar-refractivity contribution >= 4 is 28.3 Å². The average molecular weight is 387 g/mol. The standard InChI is InChI=1S/C21H26N2O3S/c1-3-6-14-9-11-15(12-10-14)18-13(2)27-21(22-18)23-19(24)16-7-4-5-8-17(16)20(25)26/h9-12,16-17H,3-8H2,1-2H3,(H,25,26)(H,22,23,24)/t16-,17-/m0/s1. The number of carboxylic acids is 1. The summed E-state index contributed by atoms with van der Waals surface area (Å²) >= 11 is 1.44. The van der Waals surface area contributed by atoms with Gasteiger partial charge in [-0.1, -0.05) is 50.5 Å². The van der Waals surface area contributed by atoms with Gasteiger partial charge in [0.2, 0.25) is 5.91 Å². The van der Waals surface area contributed by atoms with Gasteiger partial charge in [-0.25, -0.2) is 4.98 Å². The molecule has 144 valence electrons. The van der Waals surface area contributed by atoms with E-state index in [9.17, 15) is 14.7 Å². The number of aliphatic carboxylic acids is 1. The van der Waals surface area contributed by atoms with E-state index in [1.54, 1.807) is 0 Å². The van der Waals surface area contributed by atoms with Crippen molar-refractivity contribution in [3.05, 3.63) is 34.7 Å². The quantitative estimate of drug-likeness (QED) is 0.740. The minimum absolute atomic E-state index is 0.222. The topological polar surface area (TPSA) is 79.3 Å². The van der Waals surface area contributed by atoms with Gasteiger partial charge in [0.25, 0.3) is 0 Å². The fourth-order valence-electron chi connectivity index (χ4n) is 3.77. The van der Waals surface area contributed by atoms with E-state index < -0.39 is 17.8 Å². The Balaban J connectivity index is 1.74. The van der Waals surface area contributed by atoms with Crippen molar-refractivity contribution in [3.63, 3.8) is 0 Å². The predicted molar refractivity (Wildman–Crippen MR) is 108 cm³/mol. The summed E-state index contributed by atoms with van der Waals surface area (Å²) in [6.45, 7) is 4.15. The highest BCUT2D eigenvalue weighted by molar-refractivity contribution is 7.16. The Morgan fingerprint density at radius 1 is 1.19 bits per heavy atom. The van der Waals surface area contributed by atoms with Gasteiger partial charge in [-0.15, -0.1) is 11.3 Å². The highest BCUT2D eigenvalue weighted by Gasteiger charge is 2.36. The molecule has 1 amide bonds. The summed E-state index contributed by atoms with van der Waals surface area (Å²) in [5, 5.41) is 12.8. The Morgan fingerprint density at radius 2 is 1.85 bits per heavy atom. The molecule has 1 aromatic carbocycles. The van der Waals surface area contributed by atoms with E-state index in [-0.39, 0.29) is 5.91 Å². The number of anilines is 1. The summed E-state index contributed by atoms with van der Waals surface area (Å²) < 4.78 is 0. The van der Waals surface area contributed by atoms with E-state index in [2.05, 4.69) is 41.5 Å². The molecule has 1 aromatic heterocycles. The molecule has 0 radical (unpaired) electrons. The molecule has 27 heavy (non-hydrogen) atoms. The number of hydrogen-bond acceptors (Lipinski definition) is 4. The van der Waals surface area contributed by atoms with Crippen LogP contribution in [0.5, 0.6) is 0 Å². The lowest BCUT2D eigenvalue weighted by Crippen LogP contribution is -2.36. The Hall–Kier alpha value is -2.21. The summed E-state index contributed by atoms with van der Waals surface area (Å²) in [6, 6.07) is 8.38. The van der Waals surface area contributed by atoms with Crippen molar-refractivity contribution in [2.24, 2.45) is 11.8 Å². The second kappa shape index (κ2) is 8.65. The van der Waals surface area contributed by atoms with Gasteiger partial charge in [0.05, 0.1) is 17.5 Å². The van der Waals surface area contributed by atoms with Gasteiger partial charge in [0.1, 0.15) is 0 Å².